The van der Waals surface area contributed by atoms with Crippen LogP contribution in [0.1, 0.15) is 47.9 Å². The van der Waals surface area contributed by atoms with E-state index in [4.69, 9.17) is 9.47 Å². The zero-order valence-electron chi connectivity index (χ0n) is 17.9. The number of hydrogen-bond donors (Lipinski definition) is 0. The highest BCUT2D eigenvalue weighted by Crippen LogP contribution is 2.36. The maximum Gasteiger partial charge on any atom is 0.314 e. The van der Waals surface area contributed by atoms with Gasteiger partial charge in [0.15, 0.2) is 5.75 Å². The zero-order chi connectivity index (χ0) is 22.4. The molecule has 0 heterocycles. The number of nitrogens with zero attached hydrogens (tertiary/aromatic N) is 1. The predicted octanol–water partition coefficient (Wildman–Crippen LogP) is 4.19. The van der Waals surface area contributed by atoms with Crippen molar-refractivity contribution in [3.05, 3.63) is 62.7 Å². The van der Waals surface area contributed by atoms with Gasteiger partial charge in [-0.3, -0.25) is 19.7 Å². The first-order valence-corrected chi connectivity index (χ1v) is 10.4. The van der Waals surface area contributed by atoms with Crippen LogP contribution >= 0.6 is 0 Å². The minimum Gasteiger partial charge on any atom is -0.497 e. The topological polar surface area (TPSA) is 95.7 Å². The summed E-state index contributed by atoms with van der Waals surface area (Å²) < 4.78 is 10.2. The lowest BCUT2D eigenvalue weighted by molar-refractivity contribution is -0.386. The fourth-order valence-electron chi connectivity index (χ4n) is 4.08. The van der Waals surface area contributed by atoms with E-state index in [-0.39, 0.29) is 17.2 Å². The molecule has 0 aliphatic heterocycles. The van der Waals surface area contributed by atoms with Crippen LogP contribution < -0.4 is 9.47 Å². The molecule has 7 heteroatoms. The minimum absolute atomic E-state index is 0.0136. The molecule has 0 fully saturated rings. The molecule has 0 spiro atoms. The molecule has 4 rings (SSSR count). The quantitative estimate of drug-likeness (QED) is 0.416. The number of rotatable bonds is 3. The highest BCUT2D eigenvalue weighted by atomic mass is 16.6. The molecule has 0 atom stereocenters. The second-order valence-electron chi connectivity index (χ2n) is 7.72. The molecule has 164 valence electrons. The summed E-state index contributed by atoms with van der Waals surface area (Å²) in [4.78, 5) is 33.3. The lowest BCUT2D eigenvalue weighted by Gasteiger charge is -2.09. The van der Waals surface area contributed by atoms with Gasteiger partial charge in [-0.15, -0.1) is 0 Å². The van der Waals surface area contributed by atoms with Crippen molar-refractivity contribution in [1.29, 1.82) is 0 Å². The van der Waals surface area contributed by atoms with Gasteiger partial charge in [-0.1, -0.05) is 12.1 Å². The summed E-state index contributed by atoms with van der Waals surface area (Å²) in [5.74, 6) is 1.69. The van der Waals surface area contributed by atoms with E-state index in [0.717, 1.165) is 24.2 Å². The van der Waals surface area contributed by atoms with Gasteiger partial charge in [0.05, 0.1) is 19.1 Å². The Kier molecular flexibility index (Phi) is 7.39. The summed E-state index contributed by atoms with van der Waals surface area (Å²) >= 11 is 0. The Morgan fingerprint density at radius 3 is 1.94 bits per heavy atom. The first-order chi connectivity index (χ1) is 14.9. The summed E-state index contributed by atoms with van der Waals surface area (Å²) in [6.45, 7) is 0. The van der Waals surface area contributed by atoms with Crippen molar-refractivity contribution in [2.75, 3.05) is 14.2 Å². The lowest BCUT2D eigenvalue weighted by atomic mass is 10.0. The Balaban J connectivity index is 0.000000179. The van der Waals surface area contributed by atoms with Crippen molar-refractivity contribution in [3.8, 4) is 11.5 Å². The fourth-order valence-corrected chi connectivity index (χ4v) is 4.08. The number of nitro groups is 1. The van der Waals surface area contributed by atoms with Gasteiger partial charge in [-0.05, 0) is 60.6 Å². The predicted molar refractivity (Wildman–Crippen MR) is 116 cm³/mol. The molecule has 0 unspecified atom stereocenters. The van der Waals surface area contributed by atoms with Crippen LogP contribution in [-0.4, -0.2) is 30.7 Å². The number of ether oxygens (including phenoxy) is 2. The van der Waals surface area contributed by atoms with E-state index in [0.29, 0.717) is 49.9 Å². The van der Waals surface area contributed by atoms with Gasteiger partial charge >= 0.3 is 5.69 Å². The number of nitro benzene ring substituents is 1. The maximum atomic E-state index is 11.4. The van der Waals surface area contributed by atoms with Crippen molar-refractivity contribution >= 4 is 17.3 Å². The lowest BCUT2D eigenvalue weighted by Crippen LogP contribution is -2.02. The van der Waals surface area contributed by atoms with Crippen molar-refractivity contribution in [1.82, 2.24) is 0 Å². The van der Waals surface area contributed by atoms with Gasteiger partial charge in [0.1, 0.15) is 17.3 Å². The monoisotopic (exact) mass is 425 g/mol. The van der Waals surface area contributed by atoms with Crippen molar-refractivity contribution in [2.24, 2.45) is 0 Å². The average molecular weight is 425 g/mol. The molecule has 0 aromatic heterocycles. The minimum atomic E-state index is -0.423. The fraction of sp³-hybridized carbons (Fsp3) is 0.417. The highest BCUT2D eigenvalue weighted by molar-refractivity contribution is 5.80. The van der Waals surface area contributed by atoms with E-state index in [1.54, 1.807) is 13.2 Å². The molecule has 0 radical (unpaired) electrons. The number of Topliss-reactive ketones (excluding diaryl/α,β-unsaturated/α-hetero) is 2. The van der Waals surface area contributed by atoms with E-state index in [1.807, 2.05) is 18.2 Å². The van der Waals surface area contributed by atoms with Crippen LogP contribution in [0.15, 0.2) is 30.3 Å². The van der Waals surface area contributed by atoms with Crippen LogP contribution in [0.2, 0.25) is 0 Å². The first kappa shape index (κ1) is 22.5. The number of fused-ring (bicyclic) bond motifs is 2. The number of carbonyl (C=O) groups is 2. The normalized spacial score (nSPS) is 15.4. The third-order valence-corrected chi connectivity index (χ3v) is 5.83. The van der Waals surface area contributed by atoms with Crippen LogP contribution in [-0.2, 0) is 35.3 Å². The summed E-state index contributed by atoms with van der Waals surface area (Å²) in [6, 6.07) is 9.52. The van der Waals surface area contributed by atoms with Crippen LogP contribution in [0, 0.1) is 10.1 Å². The number of aryl methyl sites for hydroxylation is 3. The number of ketones is 2. The van der Waals surface area contributed by atoms with Crippen molar-refractivity contribution in [3.63, 3.8) is 0 Å². The summed E-state index contributed by atoms with van der Waals surface area (Å²) in [7, 11) is 3.08. The van der Waals surface area contributed by atoms with E-state index in [1.165, 1.54) is 18.2 Å². The van der Waals surface area contributed by atoms with Gasteiger partial charge in [0.25, 0.3) is 0 Å². The second-order valence-corrected chi connectivity index (χ2v) is 7.72. The van der Waals surface area contributed by atoms with Gasteiger partial charge in [-0.2, -0.15) is 0 Å². The third-order valence-electron chi connectivity index (χ3n) is 5.83. The Bertz CT molecular complexity index is 998. The Hall–Kier alpha value is -3.22. The molecule has 0 amide bonds. The van der Waals surface area contributed by atoms with E-state index in [9.17, 15) is 19.7 Å². The number of methoxy groups -OCH3 is 2. The van der Waals surface area contributed by atoms with E-state index < -0.39 is 4.92 Å². The molecule has 2 aromatic carbocycles. The Labute approximate surface area is 181 Å². The summed E-state index contributed by atoms with van der Waals surface area (Å²) in [6.07, 6.45) is 4.99. The summed E-state index contributed by atoms with van der Waals surface area (Å²) in [5.41, 5.74) is 4.13. The number of hydrogen-bond acceptors (Lipinski definition) is 6. The van der Waals surface area contributed by atoms with Crippen LogP contribution in [0.3, 0.4) is 0 Å². The van der Waals surface area contributed by atoms with E-state index in [2.05, 4.69) is 6.07 Å². The van der Waals surface area contributed by atoms with Gasteiger partial charge in [0.2, 0.25) is 0 Å². The third kappa shape index (κ3) is 5.48. The average Bonchev–Trinajstić information content (AvgIpc) is 3.08. The highest BCUT2D eigenvalue weighted by Gasteiger charge is 2.26. The second kappa shape index (κ2) is 10.2. The molecule has 0 saturated carbocycles. The molecule has 0 bridgehead atoms. The first-order valence-electron chi connectivity index (χ1n) is 10.4. The van der Waals surface area contributed by atoms with Crippen molar-refractivity contribution in [2.45, 2.75) is 51.4 Å². The Morgan fingerprint density at radius 1 is 0.742 bits per heavy atom. The van der Waals surface area contributed by atoms with Crippen LogP contribution in [0.4, 0.5) is 5.69 Å². The SMILES string of the molecule is COc1ccc2c(c1)CCC(=O)CC2.COc1ccc2c(c1[N+](=O)[O-])CCC(=O)CC2. The Morgan fingerprint density at radius 2 is 1.32 bits per heavy atom. The molecule has 2 aliphatic rings. The molecule has 0 saturated heterocycles. The smallest absolute Gasteiger partial charge is 0.314 e. The van der Waals surface area contributed by atoms with Crippen molar-refractivity contribution < 1.29 is 24.0 Å². The molecular weight excluding hydrogens is 398 g/mol. The van der Waals surface area contributed by atoms with Crippen LogP contribution in [0.25, 0.3) is 0 Å². The maximum absolute atomic E-state index is 11.4. The van der Waals surface area contributed by atoms with Gasteiger partial charge in [-0.25, -0.2) is 0 Å². The zero-order valence-corrected chi connectivity index (χ0v) is 17.9. The molecular formula is C24H27NO6. The van der Waals surface area contributed by atoms with Gasteiger partial charge in [0, 0.05) is 31.2 Å². The molecule has 2 aromatic rings. The summed E-state index contributed by atoms with van der Waals surface area (Å²) in [5, 5.41) is 11.1. The standard InChI is InChI=1S/C12H13NO4.C12H14O2/c1-17-11-7-3-8-2-4-9(14)5-6-10(8)12(11)13(15)16;1-14-12-7-4-9-2-5-11(13)6-3-10(9)8-12/h3,7H,2,4-6H2,1H3;4,7-8H,2-3,5-6H2,1H3. The number of benzene rings is 2. The molecule has 0 N–H and O–H groups in total. The largest absolute Gasteiger partial charge is 0.497 e. The van der Waals surface area contributed by atoms with Gasteiger partial charge < -0.3 is 9.47 Å². The van der Waals surface area contributed by atoms with E-state index >= 15 is 0 Å². The molecule has 7 nitrogen and oxygen atoms in total. The molecule has 31 heavy (non-hydrogen) atoms. The molecule has 2 aliphatic carbocycles. The number of carbonyl (C=O) groups excluding carboxylic acids is 2. The van der Waals surface area contributed by atoms with Crippen LogP contribution in [0.5, 0.6) is 11.5 Å².